The average molecular weight is 373 g/mol. The smallest absolute Gasteiger partial charge is 0.250 e. The number of rotatable bonds is 5. The van der Waals surface area contributed by atoms with Crippen molar-refractivity contribution in [3.8, 4) is 0 Å². The van der Waals surface area contributed by atoms with E-state index in [4.69, 9.17) is 9.72 Å². The minimum Gasteiger partial charge on any atom is -0.378 e. The predicted octanol–water partition coefficient (Wildman–Crippen LogP) is 2.21. The minimum absolute atomic E-state index is 0.485. The molecule has 2 aromatic heterocycles. The third-order valence-corrected chi connectivity index (χ3v) is 5.47. The summed E-state index contributed by atoms with van der Waals surface area (Å²) in [5.74, 6) is 1.90. The van der Waals surface area contributed by atoms with Gasteiger partial charge in [0.25, 0.3) is 0 Å². The summed E-state index contributed by atoms with van der Waals surface area (Å²) in [4.78, 5) is 19.4. The molecule has 26 heavy (non-hydrogen) atoms. The molecule has 8 nitrogen and oxygen atoms in total. The van der Waals surface area contributed by atoms with E-state index in [0.717, 1.165) is 42.7 Å². The van der Waals surface area contributed by atoms with E-state index >= 15 is 0 Å². The molecule has 4 heterocycles. The van der Waals surface area contributed by atoms with Crippen molar-refractivity contribution in [3.05, 3.63) is 22.4 Å². The molecule has 0 aromatic carbocycles. The molecule has 0 unspecified atom stereocenters. The molecule has 0 aliphatic carbocycles. The Morgan fingerprint density at radius 1 is 1.08 bits per heavy atom. The van der Waals surface area contributed by atoms with Crippen LogP contribution in [0.1, 0.15) is 24.6 Å². The summed E-state index contributed by atoms with van der Waals surface area (Å²) in [7, 11) is 0. The zero-order chi connectivity index (χ0) is 17.8. The number of ether oxygens (including phenoxy) is 1. The Bertz CT molecular complexity index is 752. The van der Waals surface area contributed by atoms with E-state index in [1.54, 1.807) is 11.3 Å². The highest BCUT2D eigenvalue weighted by Gasteiger charge is 2.21. The molecule has 9 heteroatoms. The third kappa shape index (κ3) is 3.94. The topological polar surface area (TPSA) is 78.8 Å². The van der Waals surface area contributed by atoms with E-state index in [0.29, 0.717) is 25.1 Å². The van der Waals surface area contributed by atoms with Crippen LogP contribution in [0.15, 0.2) is 22.6 Å². The number of thiophene rings is 1. The van der Waals surface area contributed by atoms with Crippen LogP contribution < -0.4 is 15.2 Å². The molecule has 2 aliphatic rings. The number of morpholine rings is 1. The van der Waals surface area contributed by atoms with Gasteiger partial charge in [-0.3, -0.25) is 0 Å². The van der Waals surface area contributed by atoms with Gasteiger partial charge >= 0.3 is 0 Å². The van der Waals surface area contributed by atoms with Gasteiger partial charge in [-0.2, -0.15) is 20.1 Å². The maximum Gasteiger partial charge on any atom is 0.250 e. The van der Waals surface area contributed by atoms with Crippen molar-refractivity contribution >= 4 is 34.9 Å². The molecule has 0 amide bonds. The quantitative estimate of drug-likeness (QED) is 0.636. The van der Waals surface area contributed by atoms with Gasteiger partial charge in [-0.1, -0.05) is 6.07 Å². The number of nitrogens with one attached hydrogen (secondary N) is 1. The molecule has 2 fully saturated rings. The van der Waals surface area contributed by atoms with Crippen molar-refractivity contribution in [2.45, 2.75) is 19.8 Å². The van der Waals surface area contributed by atoms with Crippen LogP contribution in [0, 0.1) is 0 Å². The highest BCUT2D eigenvalue weighted by Crippen LogP contribution is 2.21. The summed E-state index contributed by atoms with van der Waals surface area (Å²) in [5.41, 5.74) is 3.94. The fraction of sp³-hybridized carbons (Fsp3) is 0.529. The van der Waals surface area contributed by atoms with Crippen molar-refractivity contribution in [2.24, 2.45) is 5.10 Å². The molecule has 0 atom stereocenters. The Balaban J connectivity index is 1.59. The summed E-state index contributed by atoms with van der Waals surface area (Å²) in [5, 5.41) is 6.49. The first-order valence-electron chi connectivity index (χ1n) is 8.97. The van der Waals surface area contributed by atoms with Crippen LogP contribution in [0.4, 0.5) is 17.8 Å². The fourth-order valence-corrected chi connectivity index (χ4v) is 3.72. The van der Waals surface area contributed by atoms with Gasteiger partial charge in [-0.25, -0.2) is 5.43 Å². The maximum absolute atomic E-state index is 5.44. The Morgan fingerprint density at radius 2 is 1.77 bits per heavy atom. The molecule has 4 rings (SSSR count). The predicted molar refractivity (Wildman–Crippen MR) is 104 cm³/mol. The highest BCUT2D eigenvalue weighted by molar-refractivity contribution is 7.12. The zero-order valence-electron chi connectivity index (χ0n) is 14.9. The highest BCUT2D eigenvalue weighted by atomic mass is 32.1. The fourth-order valence-electron chi connectivity index (χ4n) is 3.04. The molecule has 0 spiro atoms. The van der Waals surface area contributed by atoms with Gasteiger partial charge in [0, 0.05) is 31.1 Å². The molecule has 2 saturated heterocycles. The first-order valence-corrected chi connectivity index (χ1v) is 9.85. The Hall–Kier alpha value is -2.26. The Morgan fingerprint density at radius 3 is 2.42 bits per heavy atom. The van der Waals surface area contributed by atoms with E-state index in [-0.39, 0.29) is 0 Å². The molecule has 0 radical (unpaired) electrons. The van der Waals surface area contributed by atoms with Gasteiger partial charge in [-0.15, -0.1) is 11.3 Å². The number of anilines is 3. The van der Waals surface area contributed by atoms with E-state index < -0.39 is 0 Å². The normalized spacial score (nSPS) is 18.4. The summed E-state index contributed by atoms with van der Waals surface area (Å²) in [6.07, 6.45) is 2.36. The lowest BCUT2D eigenvalue weighted by Crippen LogP contribution is -2.38. The minimum atomic E-state index is 0.485. The van der Waals surface area contributed by atoms with Gasteiger partial charge < -0.3 is 14.5 Å². The molecule has 1 N–H and O–H groups in total. The lowest BCUT2D eigenvalue weighted by Gasteiger charge is -2.27. The van der Waals surface area contributed by atoms with E-state index in [2.05, 4.69) is 30.3 Å². The number of aromatic nitrogens is 3. The van der Waals surface area contributed by atoms with Gasteiger partial charge in [-0.05, 0) is 31.2 Å². The molecule has 2 aliphatic heterocycles. The summed E-state index contributed by atoms with van der Waals surface area (Å²) < 4.78 is 5.44. The molecular weight excluding hydrogens is 350 g/mol. The number of hydrogen-bond donors (Lipinski definition) is 1. The Kier molecular flexibility index (Phi) is 5.26. The van der Waals surface area contributed by atoms with Gasteiger partial charge in [0.05, 0.1) is 18.9 Å². The van der Waals surface area contributed by atoms with Gasteiger partial charge in [0.15, 0.2) is 0 Å². The Labute approximate surface area is 156 Å². The van der Waals surface area contributed by atoms with Crippen LogP contribution >= 0.6 is 11.3 Å². The van der Waals surface area contributed by atoms with Crippen LogP contribution in [0.3, 0.4) is 0 Å². The van der Waals surface area contributed by atoms with Gasteiger partial charge in [0.2, 0.25) is 17.8 Å². The van der Waals surface area contributed by atoms with Crippen LogP contribution in [-0.4, -0.2) is 60.1 Å². The zero-order valence-corrected chi connectivity index (χ0v) is 15.7. The summed E-state index contributed by atoms with van der Waals surface area (Å²) >= 11 is 1.66. The average Bonchev–Trinajstić information content (AvgIpc) is 3.40. The molecular formula is C17H23N7OS. The number of hydrogen-bond acceptors (Lipinski definition) is 9. The summed E-state index contributed by atoms with van der Waals surface area (Å²) in [6.45, 7) is 6.93. The summed E-state index contributed by atoms with van der Waals surface area (Å²) in [6, 6.07) is 4.07. The van der Waals surface area contributed by atoms with Crippen LogP contribution in [-0.2, 0) is 4.74 Å². The van der Waals surface area contributed by atoms with Gasteiger partial charge in [0.1, 0.15) is 0 Å². The second-order valence-electron chi connectivity index (χ2n) is 6.34. The molecule has 2 aromatic rings. The number of nitrogens with zero attached hydrogens (tertiary/aromatic N) is 6. The molecule has 138 valence electrons. The maximum atomic E-state index is 5.44. The van der Waals surface area contributed by atoms with Crippen molar-refractivity contribution in [2.75, 3.05) is 54.6 Å². The third-order valence-electron chi connectivity index (χ3n) is 4.50. The molecule has 0 bridgehead atoms. The second-order valence-corrected chi connectivity index (χ2v) is 7.29. The van der Waals surface area contributed by atoms with Crippen LogP contribution in [0.25, 0.3) is 0 Å². The van der Waals surface area contributed by atoms with E-state index in [1.165, 1.54) is 12.8 Å². The monoisotopic (exact) mass is 373 g/mol. The largest absolute Gasteiger partial charge is 0.378 e. The standard InChI is InChI=1S/C17H23N7OS/c1-13(14-5-4-12-26-14)21-22-15-18-16(23-6-2-3-7-23)20-17(19-15)24-8-10-25-11-9-24/h4-5,12H,2-3,6-11H2,1H3,(H,18,19,20,22)/b21-13-. The van der Waals surface area contributed by atoms with E-state index in [9.17, 15) is 0 Å². The van der Waals surface area contributed by atoms with Crippen molar-refractivity contribution < 1.29 is 4.74 Å². The van der Waals surface area contributed by atoms with Crippen molar-refractivity contribution in [1.29, 1.82) is 0 Å². The lowest BCUT2D eigenvalue weighted by molar-refractivity contribution is 0.122. The first kappa shape index (κ1) is 17.2. The van der Waals surface area contributed by atoms with Crippen molar-refractivity contribution in [3.63, 3.8) is 0 Å². The van der Waals surface area contributed by atoms with E-state index in [1.807, 2.05) is 24.4 Å². The van der Waals surface area contributed by atoms with Crippen LogP contribution in [0.2, 0.25) is 0 Å². The SMILES string of the molecule is C/C(=N/Nc1nc(N2CCCC2)nc(N2CCOCC2)n1)c1cccs1. The second kappa shape index (κ2) is 7.96. The molecule has 0 saturated carbocycles. The van der Waals surface area contributed by atoms with Crippen LogP contribution in [0.5, 0.6) is 0 Å². The lowest BCUT2D eigenvalue weighted by atomic mass is 10.3. The number of hydrazone groups is 1. The first-order chi connectivity index (χ1) is 12.8. The van der Waals surface area contributed by atoms with Crippen molar-refractivity contribution in [1.82, 2.24) is 15.0 Å².